The lowest BCUT2D eigenvalue weighted by atomic mass is 9.84. The number of aliphatic hydroxyl groups is 1. The van der Waals surface area contributed by atoms with Crippen LogP contribution in [-0.4, -0.2) is 11.7 Å². The minimum atomic E-state index is -0.304. The standard InChI is InChI=1S/C11H14O/c1-3-11(2,9-12)10-7-5-4-6-8-10/h3-8,12H,1,9H2,2H3/t11-/m0/s1. The van der Waals surface area contributed by atoms with Crippen molar-refractivity contribution >= 4 is 0 Å². The number of rotatable bonds is 3. The molecule has 0 aliphatic heterocycles. The van der Waals surface area contributed by atoms with Crippen molar-refractivity contribution in [3.63, 3.8) is 0 Å². The highest BCUT2D eigenvalue weighted by atomic mass is 16.3. The molecule has 0 radical (unpaired) electrons. The molecule has 1 rings (SSSR count). The molecular weight excluding hydrogens is 148 g/mol. The summed E-state index contributed by atoms with van der Waals surface area (Å²) in [7, 11) is 0. The van der Waals surface area contributed by atoms with E-state index in [-0.39, 0.29) is 12.0 Å². The van der Waals surface area contributed by atoms with Crippen LogP contribution >= 0.6 is 0 Å². The topological polar surface area (TPSA) is 20.2 Å². The fraction of sp³-hybridized carbons (Fsp3) is 0.273. The first-order chi connectivity index (χ1) is 5.73. The number of hydrogen-bond donors (Lipinski definition) is 1. The zero-order chi connectivity index (χ0) is 9.03. The van der Waals surface area contributed by atoms with Crippen molar-refractivity contribution in [1.82, 2.24) is 0 Å². The second-order valence-electron chi connectivity index (χ2n) is 3.15. The molecule has 0 saturated heterocycles. The summed E-state index contributed by atoms with van der Waals surface area (Å²) < 4.78 is 0. The first-order valence-electron chi connectivity index (χ1n) is 4.03. The Morgan fingerprint density at radius 1 is 1.42 bits per heavy atom. The fourth-order valence-electron chi connectivity index (χ4n) is 1.09. The summed E-state index contributed by atoms with van der Waals surface area (Å²) in [5.74, 6) is 0. The van der Waals surface area contributed by atoms with Crippen molar-refractivity contribution in [3.05, 3.63) is 48.6 Å². The van der Waals surface area contributed by atoms with Crippen LogP contribution in [0.3, 0.4) is 0 Å². The van der Waals surface area contributed by atoms with Crippen molar-refractivity contribution in [2.45, 2.75) is 12.3 Å². The Morgan fingerprint density at radius 2 is 2.00 bits per heavy atom. The molecule has 0 bridgehead atoms. The fourth-order valence-corrected chi connectivity index (χ4v) is 1.09. The van der Waals surface area contributed by atoms with E-state index in [9.17, 15) is 0 Å². The maximum Gasteiger partial charge on any atom is 0.0559 e. The third kappa shape index (κ3) is 1.56. The van der Waals surface area contributed by atoms with Gasteiger partial charge in [0.25, 0.3) is 0 Å². The van der Waals surface area contributed by atoms with E-state index in [4.69, 9.17) is 5.11 Å². The highest BCUT2D eigenvalue weighted by molar-refractivity contribution is 5.28. The molecule has 0 aliphatic rings. The van der Waals surface area contributed by atoms with Crippen molar-refractivity contribution in [1.29, 1.82) is 0 Å². The quantitative estimate of drug-likeness (QED) is 0.675. The van der Waals surface area contributed by atoms with Crippen LogP contribution in [0.1, 0.15) is 12.5 Å². The summed E-state index contributed by atoms with van der Waals surface area (Å²) in [6, 6.07) is 9.89. The third-order valence-electron chi connectivity index (χ3n) is 2.21. The predicted octanol–water partition coefficient (Wildman–Crippen LogP) is 2.12. The van der Waals surface area contributed by atoms with Crippen molar-refractivity contribution in [2.75, 3.05) is 6.61 Å². The third-order valence-corrected chi connectivity index (χ3v) is 2.21. The molecule has 64 valence electrons. The van der Waals surface area contributed by atoms with Gasteiger partial charge >= 0.3 is 0 Å². The SMILES string of the molecule is C=C[C@@](C)(CO)c1ccccc1. The lowest BCUT2D eigenvalue weighted by molar-refractivity contribution is 0.236. The van der Waals surface area contributed by atoms with Crippen molar-refractivity contribution in [3.8, 4) is 0 Å². The second kappa shape index (κ2) is 3.55. The molecule has 0 amide bonds. The molecule has 0 spiro atoms. The van der Waals surface area contributed by atoms with Gasteiger partial charge in [0.1, 0.15) is 0 Å². The number of aliphatic hydroxyl groups excluding tert-OH is 1. The average Bonchev–Trinajstić information content (AvgIpc) is 2.18. The number of benzene rings is 1. The summed E-state index contributed by atoms with van der Waals surface area (Å²) in [4.78, 5) is 0. The Labute approximate surface area is 73.4 Å². The summed E-state index contributed by atoms with van der Waals surface area (Å²) in [5.41, 5.74) is 0.795. The van der Waals surface area contributed by atoms with E-state index in [1.807, 2.05) is 37.3 Å². The first kappa shape index (κ1) is 9.01. The van der Waals surface area contributed by atoms with Gasteiger partial charge in [0.15, 0.2) is 0 Å². The van der Waals surface area contributed by atoms with Crippen molar-refractivity contribution in [2.24, 2.45) is 0 Å². The summed E-state index contributed by atoms with van der Waals surface area (Å²) in [5, 5.41) is 9.17. The molecule has 1 heteroatoms. The van der Waals surface area contributed by atoms with Gasteiger partial charge in [-0.15, -0.1) is 6.58 Å². The van der Waals surface area contributed by atoms with Gasteiger partial charge in [-0.3, -0.25) is 0 Å². The van der Waals surface area contributed by atoms with Gasteiger partial charge < -0.3 is 5.11 Å². The molecule has 12 heavy (non-hydrogen) atoms. The molecule has 0 aromatic heterocycles. The molecule has 1 N–H and O–H groups in total. The average molecular weight is 162 g/mol. The Morgan fingerprint density at radius 3 is 2.42 bits per heavy atom. The van der Waals surface area contributed by atoms with E-state index in [0.29, 0.717) is 0 Å². The maximum absolute atomic E-state index is 9.17. The zero-order valence-corrected chi connectivity index (χ0v) is 7.33. The molecule has 0 aliphatic carbocycles. The van der Waals surface area contributed by atoms with Gasteiger partial charge in [-0.05, 0) is 12.5 Å². The van der Waals surface area contributed by atoms with Crippen LogP contribution in [0.25, 0.3) is 0 Å². The Hall–Kier alpha value is -1.08. The van der Waals surface area contributed by atoms with E-state index in [1.54, 1.807) is 6.08 Å². The van der Waals surface area contributed by atoms with E-state index in [0.717, 1.165) is 5.56 Å². The van der Waals surface area contributed by atoms with Crippen LogP contribution in [0.2, 0.25) is 0 Å². The normalized spacial score (nSPS) is 15.2. The molecule has 0 fully saturated rings. The van der Waals surface area contributed by atoms with E-state index < -0.39 is 0 Å². The van der Waals surface area contributed by atoms with Gasteiger partial charge in [0, 0.05) is 5.41 Å². The van der Waals surface area contributed by atoms with Crippen LogP contribution in [0.4, 0.5) is 0 Å². The molecule has 0 saturated carbocycles. The summed E-state index contributed by atoms with van der Waals surface area (Å²) >= 11 is 0. The molecule has 0 unspecified atom stereocenters. The van der Waals surface area contributed by atoms with Crippen LogP contribution in [0.15, 0.2) is 43.0 Å². The van der Waals surface area contributed by atoms with Gasteiger partial charge in [0.05, 0.1) is 6.61 Å². The summed E-state index contributed by atoms with van der Waals surface area (Å²) in [6.45, 7) is 5.79. The lowest BCUT2D eigenvalue weighted by Crippen LogP contribution is -2.23. The second-order valence-corrected chi connectivity index (χ2v) is 3.15. The van der Waals surface area contributed by atoms with Crippen LogP contribution in [0, 0.1) is 0 Å². The van der Waals surface area contributed by atoms with E-state index >= 15 is 0 Å². The van der Waals surface area contributed by atoms with Gasteiger partial charge in [0.2, 0.25) is 0 Å². The minimum Gasteiger partial charge on any atom is -0.395 e. The van der Waals surface area contributed by atoms with Gasteiger partial charge in [-0.2, -0.15) is 0 Å². The monoisotopic (exact) mass is 162 g/mol. The Balaban J connectivity index is 3.03. The molecule has 1 nitrogen and oxygen atoms in total. The van der Waals surface area contributed by atoms with Crippen LogP contribution in [-0.2, 0) is 5.41 Å². The number of hydrogen-bond acceptors (Lipinski definition) is 1. The Bertz CT molecular complexity index is 253. The molecular formula is C11H14O. The maximum atomic E-state index is 9.17. The molecule has 1 aromatic carbocycles. The van der Waals surface area contributed by atoms with Crippen molar-refractivity contribution < 1.29 is 5.11 Å². The van der Waals surface area contributed by atoms with E-state index in [1.165, 1.54) is 0 Å². The summed E-state index contributed by atoms with van der Waals surface area (Å²) in [6.07, 6.45) is 1.78. The van der Waals surface area contributed by atoms with Crippen LogP contribution < -0.4 is 0 Å². The molecule has 1 atom stereocenters. The minimum absolute atomic E-state index is 0.0977. The Kier molecular flexibility index (Phi) is 2.66. The van der Waals surface area contributed by atoms with Gasteiger partial charge in [-0.25, -0.2) is 0 Å². The highest BCUT2D eigenvalue weighted by Gasteiger charge is 2.20. The smallest absolute Gasteiger partial charge is 0.0559 e. The van der Waals surface area contributed by atoms with Crippen LogP contribution in [0.5, 0.6) is 0 Å². The zero-order valence-electron chi connectivity index (χ0n) is 7.33. The van der Waals surface area contributed by atoms with E-state index in [2.05, 4.69) is 6.58 Å². The predicted molar refractivity (Wildman–Crippen MR) is 51.1 cm³/mol. The van der Waals surface area contributed by atoms with Gasteiger partial charge in [-0.1, -0.05) is 36.4 Å². The molecule has 1 aromatic rings. The highest BCUT2D eigenvalue weighted by Crippen LogP contribution is 2.23. The molecule has 0 heterocycles. The first-order valence-corrected chi connectivity index (χ1v) is 4.03. The largest absolute Gasteiger partial charge is 0.395 e. The lowest BCUT2D eigenvalue weighted by Gasteiger charge is -2.23.